The van der Waals surface area contributed by atoms with Crippen LogP contribution in [0.15, 0.2) is 12.2 Å². The second-order valence-electron chi connectivity index (χ2n) is 4.30. The first-order valence-corrected chi connectivity index (χ1v) is 5.42. The average molecular weight is 213 g/mol. The summed E-state index contributed by atoms with van der Waals surface area (Å²) in [5.41, 5.74) is 0. The van der Waals surface area contributed by atoms with Gasteiger partial charge >= 0.3 is 0 Å². The van der Waals surface area contributed by atoms with Crippen molar-refractivity contribution in [3.63, 3.8) is 0 Å². The Morgan fingerprint density at radius 1 is 1.47 bits per heavy atom. The van der Waals surface area contributed by atoms with Crippen molar-refractivity contribution in [3.05, 3.63) is 12.2 Å². The number of carbonyl (C=O) groups is 1. The lowest BCUT2D eigenvalue weighted by molar-refractivity contribution is -0.136. The molecule has 0 spiro atoms. The highest BCUT2D eigenvalue weighted by Gasteiger charge is 2.37. The van der Waals surface area contributed by atoms with Gasteiger partial charge < -0.3 is 10.0 Å². The summed E-state index contributed by atoms with van der Waals surface area (Å²) in [5.74, 6) is -0.0245. The van der Waals surface area contributed by atoms with Gasteiger partial charge in [0.05, 0.1) is 19.2 Å². The van der Waals surface area contributed by atoms with Gasteiger partial charge in [0.1, 0.15) is 6.17 Å². The van der Waals surface area contributed by atoms with E-state index in [1.807, 2.05) is 12.2 Å². The molecule has 84 valence electrons. The smallest absolute Gasteiger partial charge is 0.226 e. The van der Waals surface area contributed by atoms with Crippen LogP contribution in [0.3, 0.4) is 0 Å². The standard InChI is InChI=1S/C11H16FNO2/c12-9-5-10(7-14)13(6-9)11(15)8-3-1-2-4-8/h1-2,8-10,14H,3-7H2/t9-,10-/m0/s1. The molecule has 0 saturated carbocycles. The highest BCUT2D eigenvalue weighted by molar-refractivity contribution is 5.80. The van der Waals surface area contributed by atoms with Crippen molar-refractivity contribution in [2.45, 2.75) is 31.5 Å². The summed E-state index contributed by atoms with van der Waals surface area (Å²) in [4.78, 5) is 13.5. The van der Waals surface area contributed by atoms with Gasteiger partial charge in [0, 0.05) is 12.3 Å². The molecule has 2 atom stereocenters. The summed E-state index contributed by atoms with van der Waals surface area (Å²) in [7, 11) is 0. The van der Waals surface area contributed by atoms with E-state index in [1.165, 1.54) is 4.90 Å². The topological polar surface area (TPSA) is 40.5 Å². The molecule has 1 saturated heterocycles. The molecule has 1 heterocycles. The largest absolute Gasteiger partial charge is 0.394 e. The highest BCUT2D eigenvalue weighted by atomic mass is 19.1. The lowest BCUT2D eigenvalue weighted by Gasteiger charge is -2.25. The zero-order chi connectivity index (χ0) is 10.8. The molecule has 0 aromatic heterocycles. The molecule has 0 bridgehead atoms. The minimum absolute atomic E-state index is 0.000741. The SMILES string of the molecule is O=C(C1CC=CC1)N1C[C@@H](F)C[C@H]1CO. The quantitative estimate of drug-likeness (QED) is 0.692. The van der Waals surface area contributed by atoms with E-state index in [0.717, 1.165) is 12.8 Å². The maximum Gasteiger partial charge on any atom is 0.226 e. The predicted molar refractivity (Wildman–Crippen MR) is 54.0 cm³/mol. The average Bonchev–Trinajstić information content (AvgIpc) is 2.84. The van der Waals surface area contributed by atoms with Crippen molar-refractivity contribution in [1.29, 1.82) is 0 Å². The number of aliphatic hydroxyl groups excluding tert-OH is 1. The van der Waals surface area contributed by atoms with E-state index >= 15 is 0 Å². The van der Waals surface area contributed by atoms with Gasteiger partial charge in [-0.1, -0.05) is 12.2 Å². The third-order valence-electron chi connectivity index (χ3n) is 3.21. The monoisotopic (exact) mass is 213 g/mol. The fourth-order valence-electron chi connectivity index (χ4n) is 2.36. The van der Waals surface area contributed by atoms with Gasteiger partial charge in [-0.2, -0.15) is 0 Å². The van der Waals surface area contributed by atoms with Crippen LogP contribution in [0.25, 0.3) is 0 Å². The molecule has 3 nitrogen and oxygen atoms in total. The number of allylic oxidation sites excluding steroid dienone is 2. The molecule has 1 amide bonds. The Morgan fingerprint density at radius 3 is 2.73 bits per heavy atom. The molecule has 2 aliphatic rings. The fourth-order valence-corrected chi connectivity index (χ4v) is 2.36. The van der Waals surface area contributed by atoms with Crippen molar-refractivity contribution >= 4 is 5.91 Å². The van der Waals surface area contributed by atoms with Crippen LogP contribution in [0.5, 0.6) is 0 Å². The number of nitrogens with zero attached hydrogens (tertiary/aromatic N) is 1. The molecule has 1 fully saturated rings. The third-order valence-corrected chi connectivity index (χ3v) is 3.21. The predicted octanol–water partition coefficient (Wildman–Crippen LogP) is 0.884. The van der Waals surface area contributed by atoms with Gasteiger partial charge in [-0.05, 0) is 12.8 Å². The van der Waals surface area contributed by atoms with Crippen LogP contribution in [0.2, 0.25) is 0 Å². The Balaban J connectivity index is 1.99. The molecular formula is C11H16FNO2. The Bertz CT molecular complexity index is 272. The Kier molecular flexibility index (Phi) is 3.05. The number of rotatable bonds is 2. The van der Waals surface area contributed by atoms with Crippen molar-refractivity contribution < 1.29 is 14.3 Å². The van der Waals surface area contributed by atoms with Crippen LogP contribution < -0.4 is 0 Å². The lowest BCUT2D eigenvalue weighted by Crippen LogP contribution is -2.41. The van der Waals surface area contributed by atoms with Gasteiger partial charge in [-0.15, -0.1) is 0 Å². The molecular weight excluding hydrogens is 197 g/mol. The second kappa shape index (κ2) is 4.31. The molecule has 15 heavy (non-hydrogen) atoms. The molecule has 0 aromatic rings. The molecule has 0 radical (unpaired) electrons. The number of amides is 1. The van der Waals surface area contributed by atoms with Crippen molar-refractivity contribution in [3.8, 4) is 0 Å². The van der Waals surface area contributed by atoms with Gasteiger partial charge in [-0.3, -0.25) is 4.79 Å². The van der Waals surface area contributed by atoms with Gasteiger partial charge in [0.15, 0.2) is 0 Å². The van der Waals surface area contributed by atoms with E-state index in [9.17, 15) is 9.18 Å². The minimum Gasteiger partial charge on any atom is -0.394 e. The first kappa shape index (κ1) is 10.6. The zero-order valence-electron chi connectivity index (χ0n) is 8.60. The van der Waals surface area contributed by atoms with E-state index in [2.05, 4.69) is 0 Å². The van der Waals surface area contributed by atoms with Crippen LogP contribution in [-0.2, 0) is 4.79 Å². The van der Waals surface area contributed by atoms with E-state index in [0.29, 0.717) is 0 Å². The Morgan fingerprint density at radius 2 is 2.13 bits per heavy atom. The van der Waals surface area contributed by atoms with Crippen LogP contribution in [0, 0.1) is 5.92 Å². The maximum atomic E-state index is 13.1. The zero-order valence-corrected chi connectivity index (χ0v) is 8.60. The second-order valence-corrected chi connectivity index (χ2v) is 4.30. The number of hydrogen-bond donors (Lipinski definition) is 1. The summed E-state index contributed by atoms with van der Waals surface area (Å²) >= 11 is 0. The first-order valence-electron chi connectivity index (χ1n) is 5.42. The minimum atomic E-state index is -0.972. The highest BCUT2D eigenvalue weighted by Crippen LogP contribution is 2.26. The number of aliphatic hydroxyl groups is 1. The summed E-state index contributed by atoms with van der Waals surface area (Å²) in [6, 6.07) is -0.312. The summed E-state index contributed by atoms with van der Waals surface area (Å²) in [6.45, 7) is 0.0207. The van der Waals surface area contributed by atoms with Gasteiger partial charge in [0.25, 0.3) is 0 Å². The van der Waals surface area contributed by atoms with Crippen LogP contribution in [-0.4, -0.2) is 41.3 Å². The fraction of sp³-hybridized carbons (Fsp3) is 0.727. The van der Waals surface area contributed by atoms with Crippen molar-refractivity contribution in [2.75, 3.05) is 13.2 Å². The molecule has 0 unspecified atom stereocenters. The Hall–Kier alpha value is -0.900. The normalized spacial score (nSPS) is 31.5. The van der Waals surface area contributed by atoms with Crippen LogP contribution >= 0.6 is 0 Å². The van der Waals surface area contributed by atoms with Gasteiger partial charge in [-0.25, -0.2) is 4.39 Å². The number of alkyl halides is 1. The maximum absolute atomic E-state index is 13.1. The molecule has 0 aromatic carbocycles. The number of hydrogen-bond acceptors (Lipinski definition) is 2. The number of halogens is 1. The number of likely N-dealkylation sites (tertiary alicyclic amines) is 1. The Labute approximate surface area is 88.6 Å². The van der Waals surface area contributed by atoms with Gasteiger partial charge in [0.2, 0.25) is 5.91 Å². The van der Waals surface area contributed by atoms with E-state index < -0.39 is 6.17 Å². The van der Waals surface area contributed by atoms with Crippen molar-refractivity contribution in [1.82, 2.24) is 4.90 Å². The number of carbonyl (C=O) groups excluding carboxylic acids is 1. The van der Waals surface area contributed by atoms with Crippen LogP contribution in [0.1, 0.15) is 19.3 Å². The van der Waals surface area contributed by atoms with E-state index in [4.69, 9.17) is 5.11 Å². The van der Waals surface area contributed by atoms with E-state index in [-0.39, 0.29) is 37.4 Å². The molecule has 1 aliphatic carbocycles. The van der Waals surface area contributed by atoms with E-state index in [1.54, 1.807) is 0 Å². The summed E-state index contributed by atoms with van der Waals surface area (Å²) in [5, 5.41) is 9.07. The van der Waals surface area contributed by atoms with Crippen molar-refractivity contribution in [2.24, 2.45) is 5.92 Å². The summed E-state index contributed by atoms with van der Waals surface area (Å²) in [6.07, 6.45) is 4.79. The molecule has 1 N–H and O–H groups in total. The van der Waals surface area contributed by atoms with Crippen LogP contribution in [0.4, 0.5) is 4.39 Å². The third kappa shape index (κ3) is 2.04. The lowest BCUT2D eigenvalue weighted by atomic mass is 10.1. The molecule has 2 rings (SSSR count). The summed E-state index contributed by atoms with van der Waals surface area (Å²) < 4.78 is 13.1. The first-order chi connectivity index (χ1) is 7.22. The molecule has 4 heteroatoms. The molecule has 1 aliphatic heterocycles.